The number of aliphatic hydroxyl groups excluding tert-OH is 3. The van der Waals surface area contributed by atoms with Crippen molar-refractivity contribution >= 4 is 0 Å². The first-order valence-corrected chi connectivity index (χ1v) is 12.1. The second-order valence-corrected chi connectivity index (χ2v) is 8.82. The molecule has 0 aromatic carbocycles. The monoisotopic (exact) mass is 566 g/mol. The van der Waals surface area contributed by atoms with Crippen LogP contribution in [0.1, 0.15) is 56.7 Å². The number of nitrogens with zero attached hydrogens (tertiary/aromatic N) is 2. The van der Waals surface area contributed by atoms with Gasteiger partial charge in [-0.3, -0.25) is 28.7 Å². The van der Waals surface area contributed by atoms with Crippen molar-refractivity contribution < 1.29 is 59.5 Å². The molecule has 2 aliphatic rings. The van der Waals surface area contributed by atoms with E-state index in [-0.39, 0.29) is 60.5 Å². The third-order valence-electron chi connectivity index (χ3n) is 6.24. The van der Waals surface area contributed by atoms with Crippen LogP contribution in [0, 0.1) is 19.8 Å². The standard InChI is InChI=1S/C12H18N2O3.C10H14N2O5.CH4O.CH3O.Na/c1-4-9-7(2)5-10(17-9)14-6-8(3)11(15)13-12(14)16;1-5-3-12(10(16)11-9(5)15)8-2-6(14)7(4-13)17-8;2*1-2;/h6-7,9-10H,4-5H2,1-3H3,(H,13,15,16);3,6-8,13-14H,2,4H2,1H3,(H,11,15,16);2H,1H3;1H3;/q;;;-1;+1/t7-,9+,10+;6-,7+,8+;;;/m11.../s1. The second kappa shape index (κ2) is 17.7. The van der Waals surface area contributed by atoms with Crippen LogP contribution >= 0.6 is 0 Å². The number of aromatic nitrogens is 4. The minimum absolute atomic E-state index is 0. The Hall–Kier alpha value is -1.88. The van der Waals surface area contributed by atoms with E-state index in [2.05, 4.69) is 23.8 Å². The normalized spacial score (nSPS) is 25.2. The summed E-state index contributed by atoms with van der Waals surface area (Å²) in [4.78, 5) is 50.2. The van der Waals surface area contributed by atoms with Gasteiger partial charge in [0.2, 0.25) is 0 Å². The Balaban J connectivity index is 0.000000642. The van der Waals surface area contributed by atoms with Gasteiger partial charge in [-0.05, 0) is 32.6 Å². The predicted octanol–water partition coefficient (Wildman–Crippen LogP) is -4.75. The Morgan fingerprint density at radius 3 is 1.67 bits per heavy atom. The molecule has 4 rings (SSSR count). The quantitative estimate of drug-likeness (QED) is 0.223. The zero-order valence-electron chi connectivity index (χ0n) is 23.5. The van der Waals surface area contributed by atoms with E-state index in [0.717, 1.165) is 27.1 Å². The summed E-state index contributed by atoms with van der Waals surface area (Å²) in [5, 5.41) is 33.8. The van der Waals surface area contributed by atoms with E-state index < -0.39 is 35.4 Å². The van der Waals surface area contributed by atoms with E-state index in [4.69, 9.17) is 24.8 Å². The minimum atomic E-state index is -0.816. The Bertz CT molecular complexity index is 1150. The van der Waals surface area contributed by atoms with Gasteiger partial charge in [-0.2, -0.15) is 7.11 Å². The summed E-state index contributed by atoms with van der Waals surface area (Å²) in [6, 6.07) is 0. The molecule has 0 radical (unpaired) electrons. The molecule has 4 heterocycles. The van der Waals surface area contributed by atoms with E-state index in [1.54, 1.807) is 20.0 Å². The van der Waals surface area contributed by atoms with Crippen molar-refractivity contribution in [1.82, 2.24) is 19.1 Å². The van der Waals surface area contributed by atoms with E-state index in [1.165, 1.54) is 15.3 Å². The molecule has 14 nitrogen and oxygen atoms in total. The van der Waals surface area contributed by atoms with Gasteiger partial charge < -0.3 is 29.9 Å². The molecule has 2 fully saturated rings. The van der Waals surface area contributed by atoms with Crippen LogP contribution in [-0.2, 0) is 9.47 Å². The van der Waals surface area contributed by atoms with Crippen molar-refractivity contribution in [2.45, 2.75) is 77.7 Å². The average Bonchev–Trinajstić information content (AvgIpc) is 3.47. The summed E-state index contributed by atoms with van der Waals surface area (Å²) in [7, 11) is 1.75. The molecule has 0 bridgehead atoms. The maximum atomic E-state index is 11.7. The van der Waals surface area contributed by atoms with Crippen LogP contribution in [0.15, 0.2) is 31.6 Å². The third kappa shape index (κ3) is 9.62. The maximum absolute atomic E-state index is 11.7. The van der Waals surface area contributed by atoms with E-state index in [1.807, 2.05) is 0 Å². The van der Waals surface area contributed by atoms with Crippen molar-refractivity contribution in [3.05, 3.63) is 65.2 Å². The number of nitrogens with one attached hydrogen (secondary N) is 2. The topological polar surface area (TPSA) is 212 Å². The molecular weight excluding hydrogens is 527 g/mol. The fraction of sp³-hybridized carbons (Fsp3) is 0.667. The molecule has 0 amide bonds. The van der Waals surface area contributed by atoms with Gasteiger partial charge in [0, 0.05) is 37.1 Å². The maximum Gasteiger partial charge on any atom is 1.00 e. The number of rotatable bonds is 4. The van der Waals surface area contributed by atoms with Gasteiger partial charge >= 0.3 is 40.9 Å². The Labute approximate surface area is 247 Å². The van der Waals surface area contributed by atoms with E-state index in [0.29, 0.717) is 17.0 Å². The molecule has 2 aromatic heterocycles. The molecule has 6 atom stereocenters. The third-order valence-corrected chi connectivity index (χ3v) is 6.24. The summed E-state index contributed by atoms with van der Waals surface area (Å²) in [5.74, 6) is 0.434. The van der Waals surface area contributed by atoms with Crippen LogP contribution < -0.4 is 57.2 Å². The first kappa shape index (κ1) is 37.1. The van der Waals surface area contributed by atoms with Gasteiger partial charge in [0.25, 0.3) is 11.1 Å². The molecule has 39 heavy (non-hydrogen) atoms. The first-order chi connectivity index (χ1) is 18.0. The Morgan fingerprint density at radius 2 is 1.31 bits per heavy atom. The molecule has 2 aromatic rings. The average molecular weight is 567 g/mol. The van der Waals surface area contributed by atoms with Gasteiger partial charge in [-0.1, -0.05) is 13.8 Å². The number of aliphatic hydroxyl groups is 3. The molecule has 0 spiro atoms. The van der Waals surface area contributed by atoms with Crippen molar-refractivity contribution in [3.63, 3.8) is 0 Å². The number of aromatic amines is 2. The summed E-state index contributed by atoms with van der Waals surface area (Å²) >= 11 is 0. The molecule has 0 unspecified atom stereocenters. The summed E-state index contributed by atoms with van der Waals surface area (Å²) < 4.78 is 13.9. The van der Waals surface area contributed by atoms with Gasteiger partial charge in [0.15, 0.2) is 0 Å². The number of aryl methyl sites for hydroxylation is 2. The SMILES string of the molecule is CC[C@@H]1O[C@H](n2cc(C)c(=O)[nH]c2=O)C[C@H]1C.CO.C[O-].Cc1cn([C@@H]2C[C@@H](O)[C@H](CO)O2)c(=O)[nH]c1=O.[Na+]. The fourth-order valence-corrected chi connectivity index (χ4v) is 4.19. The van der Waals surface area contributed by atoms with Crippen LogP contribution in [0.3, 0.4) is 0 Å². The number of ether oxygens (including phenoxy) is 2. The van der Waals surface area contributed by atoms with Gasteiger partial charge in [0.05, 0.1) is 18.8 Å². The van der Waals surface area contributed by atoms with Crippen LogP contribution in [0.2, 0.25) is 0 Å². The number of hydrogen-bond acceptors (Lipinski definition) is 10. The molecule has 0 saturated carbocycles. The molecular formula is C24H39N4NaO10. The molecule has 15 heteroatoms. The summed E-state index contributed by atoms with van der Waals surface area (Å²) in [6.45, 7) is 7.14. The first-order valence-electron chi connectivity index (χ1n) is 12.1. The van der Waals surface area contributed by atoms with Crippen molar-refractivity contribution in [1.29, 1.82) is 0 Å². The van der Waals surface area contributed by atoms with Gasteiger partial charge in [-0.25, -0.2) is 9.59 Å². The number of H-pyrrole nitrogens is 2. The number of hydrogen-bond donors (Lipinski definition) is 5. The summed E-state index contributed by atoms with van der Waals surface area (Å²) in [6.07, 6.45) is 2.69. The molecule has 216 valence electrons. The van der Waals surface area contributed by atoms with Crippen LogP contribution in [0.25, 0.3) is 0 Å². The van der Waals surface area contributed by atoms with E-state index >= 15 is 0 Å². The van der Waals surface area contributed by atoms with Crippen molar-refractivity contribution in [3.8, 4) is 0 Å². The van der Waals surface area contributed by atoms with Crippen LogP contribution in [-0.4, -0.2) is 73.6 Å². The minimum Gasteiger partial charge on any atom is -0.857 e. The second-order valence-electron chi connectivity index (χ2n) is 8.82. The van der Waals surface area contributed by atoms with Crippen molar-refractivity contribution in [2.75, 3.05) is 20.8 Å². The largest absolute Gasteiger partial charge is 1.00 e. The zero-order chi connectivity index (χ0) is 29.2. The van der Waals surface area contributed by atoms with Crippen LogP contribution in [0.4, 0.5) is 0 Å². The van der Waals surface area contributed by atoms with Crippen molar-refractivity contribution in [2.24, 2.45) is 5.92 Å². The smallest absolute Gasteiger partial charge is 0.857 e. The van der Waals surface area contributed by atoms with E-state index in [9.17, 15) is 24.3 Å². The molecule has 5 N–H and O–H groups in total. The van der Waals surface area contributed by atoms with Gasteiger partial charge in [0.1, 0.15) is 18.6 Å². The van der Waals surface area contributed by atoms with Gasteiger partial charge in [-0.15, -0.1) is 0 Å². The molecule has 0 aliphatic carbocycles. The zero-order valence-corrected chi connectivity index (χ0v) is 25.5. The molecule has 2 saturated heterocycles. The Kier molecular flexibility index (Phi) is 16.9. The van der Waals surface area contributed by atoms with Crippen LogP contribution in [0.5, 0.6) is 0 Å². The Morgan fingerprint density at radius 1 is 0.897 bits per heavy atom. The predicted molar refractivity (Wildman–Crippen MR) is 136 cm³/mol. The molecule has 2 aliphatic heterocycles. The summed E-state index contributed by atoms with van der Waals surface area (Å²) in [5.41, 5.74) is -0.838. The fourth-order valence-electron chi connectivity index (χ4n) is 4.19.